The average Bonchev–Trinajstić information content (AvgIpc) is 2.70. The van der Waals surface area contributed by atoms with E-state index < -0.39 is 0 Å². The Bertz CT molecular complexity index is 568. The van der Waals surface area contributed by atoms with E-state index >= 15 is 0 Å². The Hall–Kier alpha value is -0.740. The molecule has 1 aromatic heterocycles. The zero-order valence-corrected chi connectivity index (χ0v) is 11.4. The van der Waals surface area contributed by atoms with Crippen LogP contribution in [0.3, 0.4) is 0 Å². The number of hydrogen-bond donors (Lipinski definition) is 1. The highest BCUT2D eigenvalue weighted by molar-refractivity contribution is 7.18. The van der Waals surface area contributed by atoms with Gasteiger partial charge in [-0.15, -0.1) is 11.3 Å². The molecular weight excluding hydrogens is 301 g/mol. The summed E-state index contributed by atoms with van der Waals surface area (Å²) in [4.78, 5) is 12.3. The van der Waals surface area contributed by atoms with Crippen LogP contribution in [0.15, 0.2) is 30.3 Å². The molecule has 0 atom stereocenters. The third-order valence-electron chi connectivity index (χ3n) is 1.97. The van der Waals surface area contributed by atoms with Crippen LogP contribution in [0, 0.1) is 0 Å². The maximum atomic E-state index is 11.8. The molecule has 88 valence electrons. The third-order valence-corrected chi connectivity index (χ3v) is 3.77. The molecule has 1 N–H and O–H groups in total. The van der Waals surface area contributed by atoms with Gasteiger partial charge >= 0.3 is 0 Å². The van der Waals surface area contributed by atoms with Crippen molar-refractivity contribution in [3.05, 3.63) is 49.6 Å². The molecule has 1 aromatic carbocycles. The molecule has 2 aromatic rings. The Balaban J connectivity index is 2.21. The van der Waals surface area contributed by atoms with E-state index in [-0.39, 0.29) is 5.91 Å². The van der Waals surface area contributed by atoms with Crippen molar-refractivity contribution < 1.29 is 4.79 Å². The van der Waals surface area contributed by atoms with Crippen LogP contribution >= 0.6 is 46.1 Å². The van der Waals surface area contributed by atoms with E-state index in [0.29, 0.717) is 24.9 Å². The largest absolute Gasteiger partial charge is 0.320 e. The smallest absolute Gasteiger partial charge is 0.265 e. The van der Waals surface area contributed by atoms with Crippen LogP contribution in [0.5, 0.6) is 0 Å². The van der Waals surface area contributed by atoms with Gasteiger partial charge in [0, 0.05) is 5.02 Å². The molecule has 2 rings (SSSR count). The standard InChI is InChI=1S/C11H6Cl3NOS/c12-6-1-2-7(13)8(5-6)15-11(16)9-3-4-10(14)17-9/h1-5H,(H,15,16). The molecule has 0 aliphatic carbocycles. The number of rotatable bonds is 2. The second-order valence-corrected chi connectivity index (χ2v) is 5.74. The Morgan fingerprint density at radius 1 is 1.12 bits per heavy atom. The molecule has 1 amide bonds. The van der Waals surface area contributed by atoms with Crippen molar-refractivity contribution >= 4 is 57.7 Å². The summed E-state index contributed by atoms with van der Waals surface area (Å²) in [5.41, 5.74) is 0.480. The summed E-state index contributed by atoms with van der Waals surface area (Å²) < 4.78 is 0.562. The number of anilines is 1. The Labute approximate surface area is 117 Å². The minimum absolute atomic E-state index is 0.258. The number of amides is 1. The highest BCUT2D eigenvalue weighted by Gasteiger charge is 2.11. The lowest BCUT2D eigenvalue weighted by Crippen LogP contribution is -2.10. The first-order valence-electron chi connectivity index (χ1n) is 4.58. The van der Waals surface area contributed by atoms with E-state index in [4.69, 9.17) is 34.8 Å². The summed E-state index contributed by atoms with van der Waals surface area (Å²) in [5, 5.41) is 3.62. The topological polar surface area (TPSA) is 29.1 Å². The second kappa shape index (κ2) is 5.27. The fourth-order valence-electron chi connectivity index (χ4n) is 1.21. The third kappa shape index (κ3) is 3.13. The minimum atomic E-state index is -0.258. The van der Waals surface area contributed by atoms with E-state index in [1.165, 1.54) is 11.3 Å². The van der Waals surface area contributed by atoms with Crippen LogP contribution < -0.4 is 5.32 Å². The first kappa shape index (κ1) is 12.7. The molecule has 1 heterocycles. The van der Waals surface area contributed by atoms with Crippen LogP contribution in [-0.2, 0) is 0 Å². The van der Waals surface area contributed by atoms with Crippen molar-refractivity contribution in [3.8, 4) is 0 Å². The van der Waals surface area contributed by atoms with Crippen molar-refractivity contribution in [2.45, 2.75) is 0 Å². The van der Waals surface area contributed by atoms with E-state index in [2.05, 4.69) is 5.32 Å². The van der Waals surface area contributed by atoms with Crippen molar-refractivity contribution in [2.24, 2.45) is 0 Å². The predicted octanol–water partition coefficient (Wildman–Crippen LogP) is 4.96. The Morgan fingerprint density at radius 3 is 2.53 bits per heavy atom. The fourth-order valence-corrected chi connectivity index (χ4v) is 2.49. The van der Waals surface area contributed by atoms with Gasteiger partial charge in [-0.05, 0) is 30.3 Å². The van der Waals surface area contributed by atoms with Gasteiger partial charge in [0.1, 0.15) is 0 Å². The molecule has 2 nitrogen and oxygen atoms in total. The number of carbonyl (C=O) groups excluding carboxylic acids is 1. The lowest BCUT2D eigenvalue weighted by Gasteiger charge is -2.06. The number of hydrogen-bond acceptors (Lipinski definition) is 2. The summed E-state index contributed by atoms with van der Waals surface area (Å²) in [6.07, 6.45) is 0. The van der Waals surface area contributed by atoms with Gasteiger partial charge in [-0.2, -0.15) is 0 Å². The monoisotopic (exact) mass is 305 g/mol. The molecular formula is C11H6Cl3NOS. The highest BCUT2D eigenvalue weighted by atomic mass is 35.5. The summed E-state index contributed by atoms with van der Waals surface area (Å²) in [5.74, 6) is -0.258. The highest BCUT2D eigenvalue weighted by Crippen LogP contribution is 2.27. The Kier molecular flexibility index (Phi) is 3.94. The predicted molar refractivity (Wildman–Crippen MR) is 73.7 cm³/mol. The van der Waals surface area contributed by atoms with E-state index in [1.807, 2.05) is 0 Å². The molecule has 0 saturated carbocycles. The summed E-state index contributed by atoms with van der Waals surface area (Å²) >= 11 is 18.7. The van der Waals surface area contributed by atoms with Gasteiger partial charge < -0.3 is 5.32 Å². The first-order chi connectivity index (χ1) is 8.06. The maximum Gasteiger partial charge on any atom is 0.265 e. The van der Waals surface area contributed by atoms with Gasteiger partial charge in [-0.3, -0.25) is 4.79 Å². The van der Waals surface area contributed by atoms with Crippen molar-refractivity contribution in [3.63, 3.8) is 0 Å². The second-order valence-electron chi connectivity index (χ2n) is 3.18. The minimum Gasteiger partial charge on any atom is -0.320 e. The zero-order chi connectivity index (χ0) is 12.4. The molecule has 0 radical (unpaired) electrons. The molecule has 0 aliphatic heterocycles. The van der Waals surface area contributed by atoms with Crippen LogP contribution in [0.1, 0.15) is 9.67 Å². The van der Waals surface area contributed by atoms with Crippen molar-refractivity contribution in [1.29, 1.82) is 0 Å². The quantitative estimate of drug-likeness (QED) is 0.834. The molecule has 0 aliphatic rings. The van der Waals surface area contributed by atoms with Crippen molar-refractivity contribution in [1.82, 2.24) is 0 Å². The van der Waals surface area contributed by atoms with Gasteiger partial charge in [0.05, 0.1) is 19.9 Å². The summed E-state index contributed by atoms with van der Waals surface area (Å²) in [7, 11) is 0. The number of thiophene rings is 1. The molecule has 17 heavy (non-hydrogen) atoms. The molecule has 0 spiro atoms. The van der Waals surface area contributed by atoms with Crippen LogP contribution in [0.25, 0.3) is 0 Å². The van der Waals surface area contributed by atoms with Crippen LogP contribution in [0.2, 0.25) is 14.4 Å². The SMILES string of the molecule is O=C(Nc1cc(Cl)ccc1Cl)c1ccc(Cl)s1. The van der Waals surface area contributed by atoms with Crippen LogP contribution in [-0.4, -0.2) is 5.91 Å². The van der Waals surface area contributed by atoms with Gasteiger partial charge in [-0.1, -0.05) is 34.8 Å². The number of benzene rings is 1. The number of halogens is 3. The molecule has 0 unspecified atom stereocenters. The first-order valence-corrected chi connectivity index (χ1v) is 6.53. The van der Waals surface area contributed by atoms with Gasteiger partial charge in [0.15, 0.2) is 0 Å². The fraction of sp³-hybridized carbons (Fsp3) is 0. The molecule has 6 heteroatoms. The maximum absolute atomic E-state index is 11.8. The zero-order valence-electron chi connectivity index (χ0n) is 8.34. The van der Waals surface area contributed by atoms with E-state index in [1.54, 1.807) is 30.3 Å². The summed E-state index contributed by atoms with van der Waals surface area (Å²) in [6, 6.07) is 8.20. The van der Waals surface area contributed by atoms with Gasteiger partial charge in [0.25, 0.3) is 5.91 Å². The van der Waals surface area contributed by atoms with Crippen molar-refractivity contribution in [2.75, 3.05) is 5.32 Å². The van der Waals surface area contributed by atoms with E-state index in [9.17, 15) is 4.79 Å². The number of nitrogens with one attached hydrogen (secondary N) is 1. The van der Waals surface area contributed by atoms with Gasteiger partial charge in [0.2, 0.25) is 0 Å². The van der Waals surface area contributed by atoms with Crippen LogP contribution in [0.4, 0.5) is 5.69 Å². The normalized spacial score (nSPS) is 10.3. The van der Waals surface area contributed by atoms with E-state index in [0.717, 1.165) is 0 Å². The molecule has 0 saturated heterocycles. The Morgan fingerprint density at radius 2 is 1.88 bits per heavy atom. The molecule has 0 fully saturated rings. The lowest BCUT2D eigenvalue weighted by molar-refractivity contribution is 0.103. The summed E-state index contributed by atoms with van der Waals surface area (Å²) in [6.45, 7) is 0. The molecule has 0 bridgehead atoms. The average molecular weight is 307 g/mol. The number of carbonyl (C=O) groups is 1. The van der Waals surface area contributed by atoms with Gasteiger partial charge in [-0.25, -0.2) is 0 Å². The lowest BCUT2D eigenvalue weighted by atomic mass is 10.3.